The molecule has 0 atom stereocenters. The van der Waals surface area contributed by atoms with Crippen molar-refractivity contribution in [3.8, 4) is 5.75 Å². The molecule has 5 heterocycles. The molecular weight excluding hydrogens is 755 g/mol. The largest absolute Gasteiger partial charge is 0.491 e. The fourth-order valence-corrected chi connectivity index (χ4v) is 7.33. The number of amides is 3. The number of aromatic nitrogens is 8. The van der Waals surface area contributed by atoms with Crippen LogP contribution in [0.15, 0.2) is 54.6 Å². The number of fused-ring (bicyclic) bond motifs is 2. The number of benzene rings is 2. The minimum absolute atomic E-state index is 0.294. The normalized spacial score (nSPS) is 13.5. The third-order valence-corrected chi connectivity index (χ3v) is 10.2. The number of primary amides is 2. The van der Waals surface area contributed by atoms with Crippen molar-refractivity contribution in [3.63, 3.8) is 0 Å². The number of ether oxygens (including phenoxy) is 2. The fraction of sp³-hybridized carbons (Fsp3) is 0.390. The van der Waals surface area contributed by atoms with E-state index in [1.165, 1.54) is 0 Å². The second-order valence-electron chi connectivity index (χ2n) is 14.4. The highest BCUT2D eigenvalue weighted by Gasteiger charge is 2.21. The predicted octanol–water partition coefficient (Wildman–Crippen LogP) is 3.86. The molecule has 1 aliphatic heterocycles. The Kier molecular flexibility index (Phi) is 12.4. The van der Waals surface area contributed by atoms with Crippen LogP contribution in [0.1, 0.15) is 68.6 Å². The van der Waals surface area contributed by atoms with Gasteiger partial charge in [-0.3, -0.25) is 34.0 Å². The van der Waals surface area contributed by atoms with Crippen LogP contribution in [-0.2, 0) is 37.5 Å². The third kappa shape index (κ3) is 9.13. The maximum Gasteiger partial charge on any atom is 0.276 e. The molecule has 3 amide bonds. The number of nitrogens with two attached hydrogens (primary N) is 2. The smallest absolute Gasteiger partial charge is 0.276 e. The van der Waals surface area contributed by atoms with Crippen molar-refractivity contribution < 1.29 is 23.9 Å². The summed E-state index contributed by atoms with van der Waals surface area (Å²) in [6, 6.07) is 12.1. The molecule has 1 aliphatic rings. The molecule has 0 radical (unpaired) electrons. The second kappa shape index (κ2) is 17.9. The molecule has 310 valence electrons. The number of carbonyl (C=O) groups excluding carboxylic acids is 3. The lowest BCUT2D eigenvalue weighted by Gasteiger charge is -2.26. The molecule has 1 saturated heterocycles. The molecule has 18 heteroatoms. The van der Waals surface area contributed by atoms with Crippen molar-refractivity contribution in [2.45, 2.75) is 66.8 Å². The van der Waals surface area contributed by atoms with Gasteiger partial charge in [-0.25, -0.2) is 9.97 Å². The fourth-order valence-electron chi connectivity index (χ4n) is 7.33. The van der Waals surface area contributed by atoms with Crippen LogP contribution < -0.4 is 26.8 Å². The Balaban J connectivity index is 1.20. The van der Waals surface area contributed by atoms with Crippen LogP contribution >= 0.6 is 0 Å². The van der Waals surface area contributed by atoms with Gasteiger partial charge in [0, 0.05) is 56.9 Å². The minimum Gasteiger partial charge on any atom is -0.491 e. The lowest BCUT2D eigenvalue weighted by molar-refractivity contribution is 0.0358. The van der Waals surface area contributed by atoms with Crippen molar-refractivity contribution in [2.24, 2.45) is 11.5 Å². The third-order valence-electron chi connectivity index (χ3n) is 10.2. The van der Waals surface area contributed by atoms with E-state index < -0.39 is 11.8 Å². The van der Waals surface area contributed by atoms with E-state index >= 15 is 0 Å². The number of hydrogen-bond acceptors (Lipinski definition) is 11. The zero-order valence-corrected chi connectivity index (χ0v) is 33.9. The molecule has 2 aromatic carbocycles. The summed E-state index contributed by atoms with van der Waals surface area (Å²) in [4.78, 5) is 50.1. The monoisotopic (exact) mass is 805 g/mol. The molecule has 6 N–H and O–H groups in total. The quantitative estimate of drug-likeness (QED) is 0.0722. The van der Waals surface area contributed by atoms with E-state index in [1.54, 1.807) is 41.1 Å². The second-order valence-corrected chi connectivity index (χ2v) is 14.4. The average Bonchev–Trinajstić information content (AvgIpc) is 3.99. The van der Waals surface area contributed by atoms with E-state index in [-0.39, 0.29) is 5.91 Å². The summed E-state index contributed by atoms with van der Waals surface area (Å²) in [5.74, 6) is -0.167. The van der Waals surface area contributed by atoms with Gasteiger partial charge in [0.1, 0.15) is 17.0 Å². The number of nitrogens with zero attached hydrogens (tertiary/aromatic N) is 9. The van der Waals surface area contributed by atoms with Crippen LogP contribution in [0, 0.1) is 13.8 Å². The summed E-state index contributed by atoms with van der Waals surface area (Å²) in [6.07, 6.45) is 4.73. The molecule has 0 saturated carbocycles. The van der Waals surface area contributed by atoms with E-state index in [9.17, 15) is 14.4 Å². The van der Waals surface area contributed by atoms with Gasteiger partial charge in [0.15, 0.2) is 0 Å². The lowest BCUT2D eigenvalue weighted by atomic mass is 10.1. The van der Waals surface area contributed by atoms with E-state index in [1.807, 2.05) is 59.7 Å². The molecule has 0 spiro atoms. The van der Waals surface area contributed by atoms with Crippen LogP contribution in [0.5, 0.6) is 5.75 Å². The van der Waals surface area contributed by atoms with Gasteiger partial charge >= 0.3 is 0 Å². The van der Waals surface area contributed by atoms with Crippen LogP contribution in [0.4, 0.5) is 11.9 Å². The summed E-state index contributed by atoms with van der Waals surface area (Å²) < 4.78 is 19.4. The van der Waals surface area contributed by atoms with E-state index in [2.05, 4.69) is 25.7 Å². The number of rotatable bonds is 18. The van der Waals surface area contributed by atoms with Gasteiger partial charge in [-0.1, -0.05) is 12.2 Å². The summed E-state index contributed by atoms with van der Waals surface area (Å²) in [7, 11) is 0. The number of anilines is 2. The first kappa shape index (κ1) is 40.7. The summed E-state index contributed by atoms with van der Waals surface area (Å²) >= 11 is 0. The van der Waals surface area contributed by atoms with Crippen LogP contribution in [-0.4, -0.2) is 101 Å². The zero-order valence-electron chi connectivity index (χ0n) is 33.9. The van der Waals surface area contributed by atoms with Gasteiger partial charge in [-0.15, -0.1) is 0 Å². The SMILES string of the molecule is CCn1nc(C)cc1CNc1nc2cc(C(N)=O)cc(OCCCN3CCOCC3)c2n1C/C=C/Cn1c(NC(=O)c2cc(C)nn2CC)nc2cc(C(N)=O)ccc21. The first-order valence-electron chi connectivity index (χ1n) is 19.9. The Bertz CT molecular complexity index is 2520. The van der Waals surface area contributed by atoms with Crippen LogP contribution in [0.2, 0.25) is 0 Å². The zero-order chi connectivity index (χ0) is 41.6. The van der Waals surface area contributed by atoms with Crippen molar-refractivity contribution in [2.75, 3.05) is 50.1 Å². The van der Waals surface area contributed by atoms with Crippen molar-refractivity contribution in [1.82, 2.24) is 43.6 Å². The first-order chi connectivity index (χ1) is 28.5. The van der Waals surface area contributed by atoms with Gasteiger partial charge in [0.25, 0.3) is 5.91 Å². The molecule has 7 rings (SSSR count). The minimum atomic E-state index is -0.580. The number of imidazole rings is 2. The standard InChI is InChI=1S/C41H51N13O5/c1-5-53-30(20-26(3)48-53)25-44-40-46-32-23-29(38(43)56)24-35(59-17-9-12-50-15-18-58-19-16-50)36(32)52(40)14-8-7-13-51-33-11-10-28(37(42)55)22-31(33)45-41(51)47-39(57)34-21-27(4)49-54(34)6-2/h7-8,10-11,20-24H,5-6,9,12-19,25H2,1-4H3,(H2,42,55)(H2,43,56)(H,44,46)(H,45,47,57)/b8-7+. The number of carbonyl (C=O) groups is 3. The molecule has 0 bridgehead atoms. The highest BCUT2D eigenvalue weighted by atomic mass is 16.5. The lowest BCUT2D eigenvalue weighted by Crippen LogP contribution is -2.37. The molecule has 0 aliphatic carbocycles. The Morgan fingerprint density at radius 3 is 2.24 bits per heavy atom. The average molecular weight is 806 g/mol. The van der Waals surface area contributed by atoms with Crippen molar-refractivity contribution >= 4 is 51.7 Å². The number of aryl methyl sites for hydroxylation is 4. The van der Waals surface area contributed by atoms with Crippen molar-refractivity contribution in [3.05, 3.63) is 88.5 Å². The van der Waals surface area contributed by atoms with Crippen LogP contribution in [0.3, 0.4) is 0 Å². The maximum absolute atomic E-state index is 13.5. The molecule has 1 fully saturated rings. The van der Waals surface area contributed by atoms with Gasteiger partial charge in [0.05, 0.1) is 60.0 Å². The highest BCUT2D eigenvalue weighted by molar-refractivity contribution is 6.03. The number of allylic oxidation sites excluding steroid dienone is 2. The Morgan fingerprint density at radius 2 is 1.51 bits per heavy atom. The van der Waals surface area contributed by atoms with Gasteiger partial charge in [-0.2, -0.15) is 10.2 Å². The Hall–Kier alpha value is -6.53. The summed E-state index contributed by atoms with van der Waals surface area (Å²) in [5.41, 5.74) is 17.5. The molecular formula is C41H51N13O5. The van der Waals surface area contributed by atoms with E-state index in [0.717, 1.165) is 56.4 Å². The molecule has 6 aromatic rings. The molecule has 59 heavy (non-hydrogen) atoms. The van der Waals surface area contributed by atoms with Gasteiger partial charge in [-0.05, 0) is 76.6 Å². The van der Waals surface area contributed by atoms with Gasteiger partial charge in [0.2, 0.25) is 23.7 Å². The Morgan fingerprint density at radius 1 is 0.831 bits per heavy atom. The van der Waals surface area contributed by atoms with Crippen molar-refractivity contribution in [1.29, 1.82) is 0 Å². The topological polar surface area (TPSA) is 220 Å². The van der Waals surface area contributed by atoms with E-state index in [4.69, 9.17) is 30.9 Å². The molecule has 18 nitrogen and oxygen atoms in total. The van der Waals surface area contributed by atoms with E-state index in [0.29, 0.717) is 95.9 Å². The number of morpholine rings is 1. The summed E-state index contributed by atoms with van der Waals surface area (Å²) in [5, 5.41) is 15.5. The maximum atomic E-state index is 13.5. The van der Waals surface area contributed by atoms with Crippen LogP contribution in [0.25, 0.3) is 22.1 Å². The summed E-state index contributed by atoms with van der Waals surface area (Å²) in [6.45, 7) is 14.6. The number of hydrogen-bond donors (Lipinski definition) is 4. The number of nitrogens with one attached hydrogen (secondary N) is 2. The molecule has 0 unspecified atom stereocenters. The predicted molar refractivity (Wildman–Crippen MR) is 224 cm³/mol. The Labute approximate surface area is 341 Å². The highest BCUT2D eigenvalue weighted by Crippen LogP contribution is 2.32. The first-order valence-corrected chi connectivity index (χ1v) is 19.9. The molecule has 4 aromatic heterocycles. The van der Waals surface area contributed by atoms with Gasteiger partial charge < -0.3 is 35.4 Å².